The highest BCUT2D eigenvalue weighted by molar-refractivity contribution is 9.93. The molecule has 0 fully saturated rings. The number of fused-ring (bicyclic) bond motifs is 4. The number of nitrogens with zero attached hydrogens (tertiary/aromatic N) is 13. The lowest BCUT2D eigenvalue weighted by molar-refractivity contribution is -0.742. The Hall–Kier alpha value is -8.33. The van der Waals surface area contributed by atoms with Crippen molar-refractivity contribution >= 4 is 231 Å². The number of aromatic amines is 9. The highest BCUT2D eigenvalue weighted by Gasteiger charge is 2.17. The predicted molar refractivity (Wildman–Crippen MR) is 503 cm³/mol. The van der Waals surface area contributed by atoms with E-state index in [1.807, 2.05) is 39.8 Å². The molecule has 12 heterocycles. The number of esters is 1. The van der Waals surface area contributed by atoms with E-state index in [0.717, 1.165) is 82.7 Å². The fraction of sp³-hybridized carbons (Fsp3) is 0.366. The molecule has 0 saturated heterocycles. The van der Waals surface area contributed by atoms with Gasteiger partial charge in [0, 0.05) is 123 Å². The van der Waals surface area contributed by atoms with E-state index >= 15 is 0 Å². The number of carbonyl (C=O) groups is 1. The Kier molecular flexibility index (Phi) is 60.0. The fourth-order valence-electron chi connectivity index (χ4n) is 9.31. The summed E-state index contributed by atoms with van der Waals surface area (Å²) in [5.41, 5.74) is 24.4. The summed E-state index contributed by atoms with van der Waals surface area (Å²) >= 11 is 49.1. The summed E-state index contributed by atoms with van der Waals surface area (Å²) in [6, 6.07) is 14.5. The van der Waals surface area contributed by atoms with Crippen molar-refractivity contribution in [3.8, 4) is 0 Å². The van der Waals surface area contributed by atoms with Crippen molar-refractivity contribution in [3.05, 3.63) is 205 Å². The van der Waals surface area contributed by atoms with Crippen molar-refractivity contribution < 1.29 is 40.8 Å². The van der Waals surface area contributed by atoms with Crippen LogP contribution in [0.1, 0.15) is 150 Å². The van der Waals surface area contributed by atoms with Crippen LogP contribution in [-0.2, 0) is 14.1 Å². The van der Waals surface area contributed by atoms with E-state index in [1.54, 1.807) is 81.6 Å². The van der Waals surface area contributed by atoms with Crippen molar-refractivity contribution in [2.45, 2.75) is 166 Å². The highest BCUT2D eigenvalue weighted by atomic mass is 80.9. The van der Waals surface area contributed by atoms with Crippen LogP contribution in [0.25, 0.3) is 44.1 Å². The number of allylic oxidation sites excluding steroid dienone is 1. The molecule has 0 aliphatic carbocycles. The molecule has 0 bridgehead atoms. The molecule has 12 aromatic heterocycles. The minimum absolute atomic E-state index is 0. The molecule has 37 nitrogen and oxygen atoms in total. The van der Waals surface area contributed by atoms with E-state index < -0.39 is 22.3 Å². The first-order valence-corrected chi connectivity index (χ1v) is 47.3. The van der Waals surface area contributed by atoms with Gasteiger partial charge in [0.05, 0.1) is 75.1 Å². The number of halogens is 11. The summed E-state index contributed by atoms with van der Waals surface area (Å²) < 4.78 is 15.9. The zero-order valence-corrected chi connectivity index (χ0v) is 79.1. The molecule has 0 radical (unpaired) electrons. The van der Waals surface area contributed by atoms with Crippen LogP contribution in [0.15, 0.2) is 136 Å². The zero-order chi connectivity index (χ0) is 90.3. The normalized spacial score (nSPS) is 10.2. The maximum absolute atomic E-state index is 11.2. The van der Waals surface area contributed by atoms with Crippen LogP contribution in [-0.4, -0.2) is 159 Å². The highest BCUT2D eigenvalue weighted by Crippen LogP contribution is 2.61. The van der Waals surface area contributed by atoms with Crippen LogP contribution < -0.4 is 33.0 Å². The van der Waals surface area contributed by atoms with E-state index in [9.17, 15) is 24.3 Å². The third-order valence-electron chi connectivity index (χ3n) is 14.5. The Bertz CT molecular complexity index is 5080. The van der Waals surface area contributed by atoms with E-state index in [1.165, 1.54) is 101 Å². The maximum atomic E-state index is 11.2. The monoisotopic (exact) mass is 2100 g/mol. The summed E-state index contributed by atoms with van der Waals surface area (Å²) in [6.07, 6.45) is 32.0. The van der Waals surface area contributed by atoms with E-state index in [0.29, 0.717) is 56.2 Å². The van der Waals surface area contributed by atoms with Crippen molar-refractivity contribution in [2.24, 2.45) is 5.73 Å². The number of ether oxygens (including phenoxy) is 1. The molecule has 0 aliphatic heterocycles. The van der Waals surface area contributed by atoms with Crippen molar-refractivity contribution in [2.75, 3.05) is 23.0 Å². The molecule has 13 rings (SSSR count). The van der Waals surface area contributed by atoms with Crippen molar-refractivity contribution in [3.63, 3.8) is 0 Å². The number of unbranched alkanes of at least 4 members (excludes halogenated alkanes) is 4. The van der Waals surface area contributed by atoms with Gasteiger partial charge >= 0.3 is 24.0 Å². The molecule has 121 heavy (non-hydrogen) atoms. The van der Waals surface area contributed by atoms with Gasteiger partial charge in [-0.3, -0.25) is 60.3 Å². The maximum Gasteiger partial charge on any atom is 0.489 e. The fourth-order valence-corrected chi connectivity index (χ4v) is 11.1. The first-order valence-electron chi connectivity index (χ1n) is 36.0. The second-order valence-corrected chi connectivity index (χ2v) is 34.3. The van der Waals surface area contributed by atoms with E-state index in [2.05, 4.69) is 240 Å². The number of pyridine rings is 4. The molecule has 18 N–H and O–H groups in total. The van der Waals surface area contributed by atoms with Gasteiger partial charge < -0.3 is 47.1 Å². The molecule has 0 amide bonds. The number of hydrogen-bond donors (Lipinski definition) is 16. The summed E-state index contributed by atoms with van der Waals surface area (Å²) in [4.78, 5) is 55.9. The molecule has 1 aromatic carbocycles. The number of nitro groups is 1. The second-order valence-electron chi connectivity index (χ2n) is 24.4. The smallest absolute Gasteiger partial charge is 0.463 e. The van der Waals surface area contributed by atoms with Gasteiger partial charge in [0.15, 0.2) is 0 Å². The number of benzene rings is 1. The van der Waals surface area contributed by atoms with Crippen LogP contribution in [0.4, 0.5) is 22.7 Å². The van der Waals surface area contributed by atoms with Crippen LogP contribution in [0.2, 0.25) is 20.1 Å². The number of rotatable bonds is 20. The number of nitrogens with two attached hydrogens (primary N) is 2. The topological polar surface area (TPSA) is 567 Å². The second kappa shape index (κ2) is 64.5. The largest absolute Gasteiger partial charge is 0.489 e. The molecule has 50 heteroatoms. The van der Waals surface area contributed by atoms with Gasteiger partial charge in [-0.2, -0.15) is 40.8 Å². The Balaban J connectivity index is 0. The summed E-state index contributed by atoms with van der Waals surface area (Å²) in [5.74, 6) is -0.346. The van der Waals surface area contributed by atoms with Gasteiger partial charge in [-0.15, -0.1) is 10.1 Å². The first kappa shape index (κ1) is 113. The lowest BCUT2D eigenvalue weighted by Gasteiger charge is -2.20. The standard InChI is InChI=1S/C16H25BrN4.C9H13N3O2.C9H21N.C7H5BrClN3.C7H6ClN3.C7H7N3O.C6H5BCl2O2.C3H3N3O2.C3H5N3.C3H4N2.CH4.Br2.Cl3OP.HNO3.H2/c1-4-6-8-12(9-7-5-2)19-13-10-11(3)18-15-14(13)20-21-16(15)17;1-3-14-9(13)4-7(2)12-8-5-10-11-6-8;1-3-5-7-9(10)8-6-4-2;1-3-2-4(9)5-6(10-3)7(8)12-11-5;1-4-2-5(8)7-6(10-4)3-9-11-7;1-4-2-6(11)7-5(9-4)3-8-10-7;8-4-1-2-5(7(10)11)6(9)3-4;7-6(8)3-1-4-5-2-3;4-3-1-5-6-2-3;1-2-4-5-3-1;;1-2;1-5(2,3)4;2-1(3)4;/h10,12H,4-9H2,1-3H3,(H,18,19)(H,20,21);4-6,12H,3H2,1-2H3,(H,10,11);9H,3-8,10H2,1-2H3;2H,1H3,(H,11,12);2-3H,1H3,(H,9,11);2-3H,1H3,(H,8,10)(H,9,11);1-3,10-11H;1-2H,(H,4,5);1-2H,4H2,(H,5,6);1-3H,(H,4,5);1H4;;;(H,2,3,4);1H/b;7-4+;;;;;;;;;;;;;. The molecule has 0 spiro atoms. The first-order chi connectivity index (χ1) is 56.9. The Morgan fingerprint density at radius 2 is 1.20 bits per heavy atom. The van der Waals surface area contributed by atoms with Gasteiger partial charge in [0.2, 0.25) is 5.43 Å². The van der Waals surface area contributed by atoms with Gasteiger partial charge in [0.1, 0.15) is 54.0 Å². The molecule has 0 atom stereocenters. The number of aryl methyl sites for hydroxylation is 4. The minimum Gasteiger partial charge on any atom is -0.463 e. The van der Waals surface area contributed by atoms with Crippen molar-refractivity contribution in [1.82, 2.24) is 102 Å². The van der Waals surface area contributed by atoms with Gasteiger partial charge in [-0.25, -0.2) is 19.7 Å². The number of nitrogens with one attached hydrogen (secondary N) is 11. The van der Waals surface area contributed by atoms with Gasteiger partial charge in [-0.1, -0.05) is 139 Å². The SMILES string of the molecule is BrBr.C.CCCCC(CCCC)Nc1cc(C)nc2c(Br)[nH]nc12.CCCCC(N)CCCC.CCOC(=O)/C=C(\C)Nc1cn[nH]c1.Cc1cc(=O)c2[nH]ncc2[nH]1.Cc1cc(Cl)c2[nH]ncc2n1.Cc1cc(Cl)c2n[nH]c(Br)c2n1.Nc1cn[nH]c1.O=P(Cl)(Cl)Cl.O=[N+]([O-])O.O=[N+]([O-])c1cn[nH]c1.OB(O)c1ccc(Cl)cc1Cl.[HH].c1cn[nH]c1. The summed E-state index contributed by atoms with van der Waals surface area (Å²) in [5, 5.41) is 97.9. The number of hydrogen-bond acceptors (Lipinski definition) is 25. The average Bonchev–Trinajstić information content (AvgIpc) is 1.68. The summed E-state index contributed by atoms with van der Waals surface area (Å²) in [7, 11) is -1.54. The lowest BCUT2D eigenvalue weighted by Crippen LogP contribution is -2.30. The number of H-pyrrole nitrogens is 9. The molecule has 13 aromatic rings. The van der Waals surface area contributed by atoms with Crippen LogP contribution in [0.5, 0.6) is 0 Å². The molecule has 0 aliphatic rings. The molecular weight excluding hydrogens is 2000 g/mol. The Labute approximate surface area is 766 Å². The number of carbonyl (C=O) groups excluding carboxylic acids is 1. The number of aromatic nitrogens is 20. The van der Waals surface area contributed by atoms with E-state index in [4.69, 9.17) is 88.0 Å². The van der Waals surface area contributed by atoms with Crippen LogP contribution in [0, 0.1) is 47.9 Å². The quantitative estimate of drug-likeness (QED) is 0.00841. The molecule has 0 saturated carbocycles. The Morgan fingerprint density at radius 1 is 0.678 bits per heavy atom. The number of nitrogen functional groups attached to an aromatic ring is 1. The molecular formula is C71H101BBr4Cl7N26O11P. The third-order valence-corrected chi connectivity index (χ3v) is 16.8. The van der Waals surface area contributed by atoms with Crippen molar-refractivity contribution in [1.29, 1.82) is 0 Å². The minimum atomic E-state index is -3.22. The molecule has 0 unspecified atom stereocenters. The number of anilines is 3. The van der Waals surface area contributed by atoms with Gasteiger partial charge in [0.25, 0.3) is 5.09 Å². The van der Waals surface area contributed by atoms with Crippen LogP contribution in [0.3, 0.4) is 0 Å². The van der Waals surface area contributed by atoms with Gasteiger partial charge in [-0.05, 0) is 169 Å². The van der Waals surface area contributed by atoms with E-state index in [-0.39, 0.29) is 36.4 Å². The lowest BCUT2D eigenvalue weighted by atomic mass is 9.80. The zero-order valence-electron chi connectivity index (χ0n) is 66.6. The average molecular weight is 2100 g/mol. The molecule has 666 valence electrons. The summed E-state index contributed by atoms with van der Waals surface area (Å²) in [6.45, 7) is 20.5. The van der Waals surface area contributed by atoms with Crippen LogP contribution >= 0.6 is 145 Å². The third kappa shape index (κ3) is 50.1. The Morgan fingerprint density at radius 3 is 1.67 bits per heavy atom. The predicted octanol–water partition coefficient (Wildman–Crippen LogP) is 20.8.